The molecule has 2 aromatic heterocycles. The Hall–Kier alpha value is -1.55. The first kappa shape index (κ1) is 11.0. The molecule has 0 aromatic carbocycles. The fourth-order valence-corrected chi connectivity index (χ4v) is 2.06. The number of hydrogen-bond donors (Lipinski definition) is 0. The molecule has 4 heteroatoms. The molecule has 0 fully saturated rings. The minimum Gasteiger partial charge on any atom is -0.299 e. The molecule has 0 atom stereocenters. The van der Waals surface area contributed by atoms with Gasteiger partial charge in [0.1, 0.15) is 5.78 Å². The topological polar surface area (TPSA) is 42.9 Å². The third kappa shape index (κ3) is 3.24. The Morgan fingerprint density at radius 1 is 1.25 bits per heavy atom. The summed E-state index contributed by atoms with van der Waals surface area (Å²) in [5.41, 5.74) is 0.968. The second kappa shape index (κ2) is 5.51. The van der Waals surface area contributed by atoms with Gasteiger partial charge in [-0.25, -0.2) is 4.98 Å². The van der Waals surface area contributed by atoms with Gasteiger partial charge in [-0.3, -0.25) is 9.78 Å². The molecule has 16 heavy (non-hydrogen) atoms. The van der Waals surface area contributed by atoms with Crippen LogP contribution in [0.5, 0.6) is 0 Å². The number of aryl methyl sites for hydroxylation is 1. The third-order valence-electron chi connectivity index (χ3n) is 2.22. The molecule has 0 saturated heterocycles. The Labute approximate surface area is 98.2 Å². The predicted molar refractivity (Wildman–Crippen MR) is 63.4 cm³/mol. The zero-order chi connectivity index (χ0) is 11.2. The van der Waals surface area contributed by atoms with Crippen LogP contribution in [0.25, 0.3) is 0 Å². The number of nitrogens with zero attached hydrogens (tertiary/aromatic N) is 2. The number of pyridine rings is 1. The van der Waals surface area contributed by atoms with Crippen LogP contribution in [0.2, 0.25) is 0 Å². The van der Waals surface area contributed by atoms with Crippen LogP contribution < -0.4 is 0 Å². The summed E-state index contributed by atoms with van der Waals surface area (Å²) in [5, 5.41) is 2.78. The quantitative estimate of drug-likeness (QED) is 0.794. The second-order valence-corrected chi connectivity index (χ2v) is 4.44. The predicted octanol–water partition coefficient (Wildman–Crippen LogP) is 2.28. The van der Waals surface area contributed by atoms with Gasteiger partial charge in [-0.15, -0.1) is 11.3 Å². The summed E-state index contributed by atoms with van der Waals surface area (Å²) < 4.78 is 0. The lowest BCUT2D eigenvalue weighted by Gasteiger charge is -1.98. The number of thiazole rings is 1. The van der Waals surface area contributed by atoms with Crippen molar-refractivity contribution in [1.82, 2.24) is 9.97 Å². The van der Waals surface area contributed by atoms with E-state index in [1.54, 1.807) is 12.4 Å². The van der Waals surface area contributed by atoms with E-state index in [0.717, 1.165) is 10.7 Å². The molecular formula is C12H12N2OS. The maximum atomic E-state index is 11.6. The Morgan fingerprint density at radius 2 is 2.19 bits per heavy atom. The van der Waals surface area contributed by atoms with E-state index < -0.39 is 0 Å². The van der Waals surface area contributed by atoms with Crippen molar-refractivity contribution in [2.24, 2.45) is 0 Å². The number of aromatic nitrogens is 2. The van der Waals surface area contributed by atoms with Crippen LogP contribution >= 0.6 is 11.3 Å². The first-order valence-corrected chi connectivity index (χ1v) is 6.02. The van der Waals surface area contributed by atoms with Gasteiger partial charge in [-0.1, -0.05) is 6.07 Å². The molecule has 82 valence electrons. The first-order chi connectivity index (χ1) is 7.84. The van der Waals surface area contributed by atoms with Crippen LogP contribution in [-0.2, 0) is 17.6 Å². The highest BCUT2D eigenvalue weighted by atomic mass is 32.1. The minimum atomic E-state index is 0.223. The Bertz CT molecular complexity index is 439. The number of rotatable bonds is 5. The summed E-state index contributed by atoms with van der Waals surface area (Å²) in [6, 6.07) is 5.76. The number of ketones is 1. The van der Waals surface area contributed by atoms with E-state index in [-0.39, 0.29) is 5.78 Å². The maximum absolute atomic E-state index is 11.6. The molecule has 0 amide bonds. The normalized spacial score (nSPS) is 10.2. The number of carbonyl (C=O) groups is 1. The van der Waals surface area contributed by atoms with Crippen LogP contribution in [0.1, 0.15) is 17.1 Å². The van der Waals surface area contributed by atoms with Crippen LogP contribution in [0.15, 0.2) is 36.0 Å². The Morgan fingerprint density at radius 3 is 2.88 bits per heavy atom. The fourth-order valence-electron chi connectivity index (χ4n) is 1.41. The van der Waals surface area contributed by atoms with Gasteiger partial charge in [-0.2, -0.15) is 0 Å². The van der Waals surface area contributed by atoms with Crippen LogP contribution in [0, 0.1) is 0 Å². The molecule has 0 bridgehead atoms. The number of carbonyl (C=O) groups excluding carboxylic acids is 1. The molecule has 0 aliphatic carbocycles. The first-order valence-electron chi connectivity index (χ1n) is 5.14. The summed E-state index contributed by atoms with van der Waals surface area (Å²) >= 11 is 1.53. The highest BCUT2D eigenvalue weighted by Crippen LogP contribution is 2.07. The lowest BCUT2D eigenvalue weighted by Crippen LogP contribution is -2.04. The lowest BCUT2D eigenvalue weighted by atomic mass is 10.1. The zero-order valence-corrected chi connectivity index (χ0v) is 9.61. The van der Waals surface area contributed by atoms with Crippen LogP contribution in [-0.4, -0.2) is 15.8 Å². The maximum Gasteiger partial charge on any atom is 0.140 e. The molecule has 0 spiro atoms. The standard InChI is InChI=1S/C12H12N2OS/c15-11(9-12-14-7-8-16-12)5-4-10-3-1-2-6-13-10/h1-3,6-8H,4-5,9H2. The van der Waals surface area contributed by atoms with Gasteiger partial charge >= 0.3 is 0 Å². The zero-order valence-electron chi connectivity index (χ0n) is 8.80. The van der Waals surface area contributed by atoms with Crippen LogP contribution in [0.4, 0.5) is 0 Å². The van der Waals surface area contributed by atoms with Gasteiger partial charge in [0, 0.05) is 29.9 Å². The third-order valence-corrected chi connectivity index (χ3v) is 3.00. The molecule has 0 N–H and O–H groups in total. The van der Waals surface area contributed by atoms with Gasteiger partial charge in [0.05, 0.1) is 11.4 Å². The summed E-state index contributed by atoms with van der Waals surface area (Å²) in [7, 11) is 0. The van der Waals surface area contributed by atoms with Crippen molar-refractivity contribution in [3.63, 3.8) is 0 Å². The smallest absolute Gasteiger partial charge is 0.140 e. The SMILES string of the molecule is O=C(CCc1ccccn1)Cc1nccs1. The van der Waals surface area contributed by atoms with Crippen LogP contribution in [0.3, 0.4) is 0 Å². The monoisotopic (exact) mass is 232 g/mol. The summed E-state index contributed by atoms with van der Waals surface area (Å²) in [5.74, 6) is 0.223. The van der Waals surface area contributed by atoms with Crippen molar-refractivity contribution < 1.29 is 4.79 Å². The molecule has 2 aromatic rings. The molecule has 0 aliphatic rings. The highest BCUT2D eigenvalue weighted by Gasteiger charge is 2.06. The van der Waals surface area contributed by atoms with E-state index in [1.165, 1.54) is 11.3 Å². The second-order valence-electron chi connectivity index (χ2n) is 3.46. The van der Waals surface area contributed by atoms with E-state index in [9.17, 15) is 4.79 Å². The van der Waals surface area contributed by atoms with Gasteiger partial charge in [-0.05, 0) is 18.6 Å². The van der Waals surface area contributed by atoms with Crippen molar-refractivity contribution in [1.29, 1.82) is 0 Å². The summed E-state index contributed by atoms with van der Waals surface area (Å²) in [6.45, 7) is 0. The fraction of sp³-hybridized carbons (Fsp3) is 0.250. The molecule has 2 heterocycles. The van der Waals surface area contributed by atoms with E-state index >= 15 is 0 Å². The average Bonchev–Trinajstić information content (AvgIpc) is 2.81. The molecule has 0 unspecified atom stereocenters. The molecular weight excluding hydrogens is 220 g/mol. The summed E-state index contributed by atoms with van der Waals surface area (Å²) in [4.78, 5) is 19.9. The Kier molecular flexibility index (Phi) is 3.77. The van der Waals surface area contributed by atoms with Crippen molar-refractivity contribution >= 4 is 17.1 Å². The molecule has 0 radical (unpaired) electrons. The summed E-state index contributed by atoms with van der Waals surface area (Å²) in [6.07, 6.45) is 5.18. The average molecular weight is 232 g/mol. The van der Waals surface area contributed by atoms with E-state index in [2.05, 4.69) is 9.97 Å². The molecule has 3 nitrogen and oxygen atoms in total. The van der Waals surface area contributed by atoms with E-state index in [1.807, 2.05) is 23.6 Å². The van der Waals surface area contributed by atoms with Crippen molar-refractivity contribution in [3.8, 4) is 0 Å². The minimum absolute atomic E-state index is 0.223. The number of hydrogen-bond acceptors (Lipinski definition) is 4. The van der Waals surface area contributed by atoms with Crippen molar-refractivity contribution in [2.45, 2.75) is 19.3 Å². The molecule has 0 aliphatic heterocycles. The highest BCUT2D eigenvalue weighted by molar-refractivity contribution is 7.09. The van der Waals surface area contributed by atoms with E-state index in [4.69, 9.17) is 0 Å². The van der Waals surface area contributed by atoms with Gasteiger partial charge in [0.25, 0.3) is 0 Å². The van der Waals surface area contributed by atoms with E-state index in [0.29, 0.717) is 19.3 Å². The van der Waals surface area contributed by atoms with Gasteiger partial charge in [0.15, 0.2) is 0 Å². The van der Waals surface area contributed by atoms with Gasteiger partial charge < -0.3 is 0 Å². The Balaban J connectivity index is 1.80. The largest absolute Gasteiger partial charge is 0.299 e. The van der Waals surface area contributed by atoms with Crippen molar-refractivity contribution in [3.05, 3.63) is 46.7 Å². The lowest BCUT2D eigenvalue weighted by molar-refractivity contribution is -0.118. The molecule has 0 saturated carbocycles. The number of Topliss-reactive ketones (excluding diaryl/α,β-unsaturated/α-hetero) is 1. The molecule has 2 rings (SSSR count). The van der Waals surface area contributed by atoms with Gasteiger partial charge in [0.2, 0.25) is 0 Å². The van der Waals surface area contributed by atoms with Crippen molar-refractivity contribution in [2.75, 3.05) is 0 Å².